The van der Waals surface area contributed by atoms with E-state index < -0.39 is 0 Å². The number of rotatable bonds is 7. The van der Waals surface area contributed by atoms with Gasteiger partial charge in [-0.3, -0.25) is 14.7 Å². The summed E-state index contributed by atoms with van der Waals surface area (Å²) in [5.74, 6) is 3.75. The molecule has 0 bridgehead atoms. The average Bonchev–Trinajstić information content (AvgIpc) is 3.12. The lowest BCUT2D eigenvalue weighted by Crippen LogP contribution is -2.59. The number of nitrogens with one attached hydrogen (secondary N) is 1. The first-order valence-electron chi connectivity index (χ1n) is 8.42. The summed E-state index contributed by atoms with van der Waals surface area (Å²) in [6.07, 6.45) is 4.78. The second kappa shape index (κ2) is 9.08. The smallest absolute Gasteiger partial charge is 0.230 e. The number of hydrogen-bond donors (Lipinski definition) is 1. The van der Waals surface area contributed by atoms with Gasteiger partial charge in [0.05, 0.1) is 19.0 Å². The van der Waals surface area contributed by atoms with Crippen LogP contribution in [0.3, 0.4) is 0 Å². The third-order valence-corrected chi connectivity index (χ3v) is 6.84. The quantitative estimate of drug-likeness (QED) is 0.791. The molecule has 3 heterocycles. The van der Waals surface area contributed by atoms with E-state index in [1.54, 1.807) is 18.0 Å². The number of nitrogens with zero attached hydrogens (tertiary/aromatic N) is 2. The van der Waals surface area contributed by atoms with Crippen molar-refractivity contribution in [2.45, 2.75) is 17.7 Å². The molecule has 1 atom stereocenters. The summed E-state index contributed by atoms with van der Waals surface area (Å²) in [7, 11) is 0. The van der Waals surface area contributed by atoms with Gasteiger partial charge in [0.1, 0.15) is 0 Å². The Labute approximate surface area is 152 Å². The molecule has 1 aromatic heterocycles. The van der Waals surface area contributed by atoms with Crippen LogP contribution in [-0.2, 0) is 15.3 Å². The lowest BCUT2D eigenvalue weighted by atomic mass is 9.95. The van der Waals surface area contributed by atoms with E-state index in [2.05, 4.69) is 15.2 Å². The summed E-state index contributed by atoms with van der Waals surface area (Å²) >= 11 is 3.64. The molecule has 0 saturated carbocycles. The predicted octanol–water partition coefficient (Wildman–Crippen LogP) is 1.64. The molecule has 0 unspecified atom stereocenters. The second-order valence-electron chi connectivity index (χ2n) is 6.26. The normalized spacial score (nSPS) is 24.8. The molecule has 5 nitrogen and oxygen atoms in total. The molecule has 1 N–H and O–H groups in total. The van der Waals surface area contributed by atoms with Crippen molar-refractivity contribution >= 4 is 29.4 Å². The Balaban J connectivity index is 1.43. The zero-order valence-electron chi connectivity index (χ0n) is 13.9. The summed E-state index contributed by atoms with van der Waals surface area (Å²) < 4.78 is 5.48. The molecule has 24 heavy (non-hydrogen) atoms. The van der Waals surface area contributed by atoms with Crippen molar-refractivity contribution in [3.05, 3.63) is 30.1 Å². The van der Waals surface area contributed by atoms with Crippen molar-refractivity contribution in [1.29, 1.82) is 0 Å². The second-order valence-corrected chi connectivity index (χ2v) is 8.35. The van der Waals surface area contributed by atoms with Crippen molar-refractivity contribution < 1.29 is 9.53 Å². The Morgan fingerprint density at radius 3 is 3.04 bits per heavy atom. The number of carbonyl (C=O) groups excluding carboxylic acids is 1. The minimum atomic E-state index is 0.123. The monoisotopic (exact) mass is 367 g/mol. The molecule has 2 aliphatic heterocycles. The van der Waals surface area contributed by atoms with Crippen LogP contribution in [0.2, 0.25) is 0 Å². The average molecular weight is 368 g/mol. The molecule has 0 radical (unpaired) electrons. The van der Waals surface area contributed by atoms with E-state index >= 15 is 0 Å². The van der Waals surface area contributed by atoms with Crippen molar-refractivity contribution in [2.75, 3.05) is 50.1 Å². The van der Waals surface area contributed by atoms with Gasteiger partial charge >= 0.3 is 0 Å². The van der Waals surface area contributed by atoms with Crippen molar-refractivity contribution in [3.8, 4) is 0 Å². The number of carbonyl (C=O) groups is 1. The van der Waals surface area contributed by atoms with Gasteiger partial charge in [0.15, 0.2) is 0 Å². The summed E-state index contributed by atoms with van der Waals surface area (Å²) in [6, 6.07) is 3.97. The van der Waals surface area contributed by atoms with Gasteiger partial charge in [-0.2, -0.15) is 11.8 Å². The maximum Gasteiger partial charge on any atom is 0.230 e. The van der Waals surface area contributed by atoms with E-state index in [0.717, 1.165) is 56.3 Å². The molecule has 7 heteroatoms. The molecule has 0 aromatic carbocycles. The van der Waals surface area contributed by atoms with Crippen LogP contribution in [0.5, 0.6) is 0 Å². The fourth-order valence-electron chi connectivity index (χ4n) is 3.19. The zero-order chi connectivity index (χ0) is 16.7. The van der Waals surface area contributed by atoms with Crippen molar-refractivity contribution in [2.24, 2.45) is 0 Å². The first-order chi connectivity index (χ1) is 11.8. The fourth-order valence-corrected chi connectivity index (χ4v) is 5.47. The highest BCUT2D eigenvalue weighted by Gasteiger charge is 2.40. The topological polar surface area (TPSA) is 54.5 Å². The van der Waals surface area contributed by atoms with Crippen LogP contribution in [0.4, 0.5) is 0 Å². The molecule has 0 spiro atoms. The Hall–Kier alpha value is -0.760. The maximum absolute atomic E-state index is 12.2. The van der Waals surface area contributed by atoms with Crippen molar-refractivity contribution in [3.63, 3.8) is 0 Å². The minimum absolute atomic E-state index is 0.123. The Morgan fingerprint density at radius 2 is 2.33 bits per heavy atom. The van der Waals surface area contributed by atoms with E-state index in [1.807, 2.05) is 30.1 Å². The summed E-state index contributed by atoms with van der Waals surface area (Å²) in [5, 5.41) is 3.18. The van der Waals surface area contributed by atoms with Crippen LogP contribution in [0, 0.1) is 0 Å². The van der Waals surface area contributed by atoms with Gasteiger partial charge < -0.3 is 10.1 Å². The van der Waals surface area contributed by atoms with E-state index in [9.17, 15) is 4.79 Å². The highest BCUT2D eigenvalue weighted by molar-refractivity contribution is 7.99. The maximum atomic E-state index is 12.2. The standard InChI is InChI=1S/C17H25N3O2S2/c21-16(12-24-11-15-2-1-4-18-10-15)19-13-17(3-9-23-14-17)20-5-7-22-8-6-20/h1-2,4,10H,3,5-9,11-14H2,(H,19,21)/t17-/m1/s1. The number of amides is 1. The molecule has 1 amide bonds. The lowest BCUT2D eigenvalue weighted by molar-refractivity contribution is -0.119. The zero-order valence-corrected chi connectivity index (χ0v) is 15.5. The van der Waals surface area contributed by atoms with Crippen LogP contribution in [0.1, 0.15) is 12.0 Å². The number of morpholine rings is 1. The van der Waals surface area contributed by atoms with Gasteiger partial charge in [-0.1, -0.05) is 6.07 Å². The molecule has 3 rings (SSSR count). The third-order valence-electron chi connectivity index (χ3n) is 4.60. The predicted molar refractivity (Wildman–Crippen MR) is 100 cm³/mol. The van der Waals surface area contributed by atoms with Crippen LogP contribution < -0.4 is 5.32 Å². The molecule has 2 aliphatic rings. The molecule has 1 aromatic rings. The summed E-state index contributed by atoms with van der Waals surface area (Å²) in [4.78, 5) is 18.8. The van der Waals surface area contributed by atoms with Crippen LogP contribution in [0.15, 0.2) is 24.5 Å². The summed E-state index contributed by atoms with van der Waals surface area (Å²) in [6.45, 7) is 4.33. The molecular formula is C17H25N3O2S2. The van der Waals surface area contributed by atoms with Gasteiger partial charge in [-0.15, -0.1) is 11.8 Å². The van der Waals surface area contributed by atoms with Gasteiger partial charge in [-0.25, -0.2) is 0 Å². The number of pyridine rings is 1. The molecule has 132 valence electrons. The van der Waals surface area contributed by atoms with Crippen LogP contribution in [-0.4, -0.2) is 71.4 Å². The Bertz CT molecular complexity index is 518. The molecule has 0 aliphatic carbocycles. The van der Waals surface area contributed by atoms with Gasteiger partial charge in [0, 0.05) is 49.1 Å². The van der Waals surface area contributed by atoms with E-state index in [1.165, 1.54) is 5.75 Å². The highest BCUT2D eigenvalue weighted by Crippen LogP contribution is 2.33. The van der Waals surface area contributed by atoms with Crippen LogP contribution in [0.25, 0.3) is 0 Å². The van der Waals surface area contributed by atoms with E-state index in [0.29, 0.717) is 5.75 Å². The van der Waals surface area contributed by atoms with Crippen molar-refractivity contribution in [1.82, 2.24) is 15.2 Å². The minimum Gasteiger partial charge on any atom is -0.379 e. The Kier molecular flexibility index (Phi) is 6.83. The number of aromatic nitrogens is 1. The highest BCUT2D eigenvalue weighted by atomic mass is 32.2. The first-order valence-corrected chi connectivity index (χ1v) is 10.7. The molecular weight excluding hydrogens is 342 g/mol. The van der Waals surface area contributed by atoms with Crippen LogP contribution >= 0.6 is 23.5 Å². The SMILES string of the molecule is O=C(CSCc1cccnc1)NC[C@]1(N2CCOCC2)CCSC1. The van der Waals surface area contributed by atoms with Gasteiger partial charge in [-0.05, 0) is 23.8 Å². The number of ether oxygens (including phenoxy) is 1. The van der Waals surface area contributed by atoms with E-state index in [4.69, 9.17) is 4.74 Å². The van der Waals surface area contributed by atoms with Gasteiger partial charge in [0.2, 0.25) is 5.91 Å². The lowest BCUT2D eigenvalue weighted by Gasteiger charge is -2.43. The summed E-state index contributed by atoms with van der Waals surface area (Å²) in [5.41, 5.74) is 1.28. The third kappa shape index (κ3) is 4.88. The molecule has 2 fully saturated rings. The Morgan fingerprint density at radius 1 is 1.46 bits per heavy atom. The van der Waals surface area contributed by atoms with Gasteiger partial charge in [0.25, 0.3) is 0 Å². The number of thioether (sulfide) groups is 2. The largest absolute Gasteiger partial charge is 0.379 e. The van der Waals surface area contributed by atoms with E-state index in [-0.39, 0.29) is 11.4 Å². The first kappa shape index (κ1) is 18.0. The fraction of sp³-hybridized carbons (Fsp3) is 0.647. The molecule has 2 saturated heterocycles. The number of hydrogen-bond acceptors (Lipinski definition) is 6.